The highest BCUT2D eigenvalue weighted by Gasteiger charge is 2.53. The molecule has 1 fully saturated rings. The quantitative estimate of drug-likeness (QED) is 0.127. The molecule has 1 N–H and O–H groups in total. The zero-order chi connectivity index (χ0) is 31.4. The lowest BCUT2D eigenvalue weighted by atomic mass is 9.78. The Hall–Kier alpha value is -3.70. The molecular weight excluding hydrogens is 613 g/mol. The van der Waals surface area contributed by atoms with E-state index in [9.17, 15) is 15.2 Å². The van der Waals surface area contributed by atoms with Gasteiger partial charge in [-0.3, -0.25) is 10.1 Å². The molecule has 1 unspecified atom stereocenters. The fourth-order valence-electron chi connectivity index (χ4n) is 4.52. The molecule has 0 saturated carbocycles. The van der Waals surface area contributed by atoms with E-state index in [1.54, 1.807) is 38.3 Å². The zero-order valence-electron chi connectivity index (χ0n) is 25.0. The minimum atomic E-state index is -1.08. The number of nitro groups is 1. The number of para-hydroxylation sites is 1. The molecule has 1 aliphatic rings. The summed E-state index contributed by atoms with van der Waals surface area (Å²) < 4.78 is 23.8. The standard InChI is InChI=1S/C18H20BNO5.C15H15BrO2/c1-17(2)18(3,4)25-19(24-17)15-11-10-14(12-16(15)20(21)22)23-13-8-6-5-7-9-13;1-15(17,11-6-4-3-5-7-11)13-9-8-12(16)10-14(13)18-2/h5-12H,1-4H3;3-10,17H,1-2H3. The van der Waals surface area contributed by atoms with Gasteiger partial charge in [0.15, 0.2) is 0 Å². The first-order valence-corrected chi connectivity index (χ1v) is 14.5. The van der Waals surface area contributed by atoms with Gasteiger partial charge in [-0.2, -0.15) is 0 Å². The normalized spacial score (nSPS) is 16.4. The lowest BCUT2D eigenvalue weighted by Crippen LogP contribution is -2.41. The molecule has 43 heavy (non-hydrogen) atoms. The van der Waals surface area contributed by atoms with E-state index in [1.807, 2.05) is 94.4 Å². The Morgan fingerprint density at radius 2 is 1.44 bits per heavy atom. The summed E-state index contributed by atoms with van der Waals surface area (Å²) in [7, 11) is 0.808. The van der Waals surface area contributed by atoms with Crippen LogP contribution in [0, 0.1) is 10.1 Å². The maximum atomic E-state index is 11.5. The summed E-state index contributed by atoms with van der Waals surface area (Å²) in [4.78, 5) is 11.1. The van der Waals surface area contributed by atoms with Gasteiger partial charge in [-0.15, -0.1) is 0 Å². The van der Waals surface area contributed by atoms with Crippen molar-refractivity contribution in [3.8, 4) is 17.2 Å². The molecule has 0 radical (unpaired) electrons. The topological polar surface area (TPSA) is 100 Å². The lowest BCUT2D eigenvalue weighted by Gasteiger charge is -2.32. The number of aliphatic hydroxyl groups is 1. The second kappa shape index (κ2) is 12.9. The van der Waals surface area contributed by atoms with Crippen LogP contribution >= 0.6 is 15.9 Å². The minimum absolute atomic E-state index is 0.0908. The van der Waals surface area contributed by atoms with E-state index in [4.69, 9.17) is 18.8 Å². The van der Waals surface area contributed by atoms with Crippen molar-refractivity contribution in [1.29, 1.82) is 0 Å². The lowest BCUT2D eigenvalue weighted by molar-refractivity contribution is -0.383. The van der Waals surface area contributed by atoms with Crippen LogP contribution in [-0.2, 0) is 14.9 Å². The van der Waals surface area contributed by atoms with E-state index < -0.39 is 28.8 Å². The number of halogens is 1. The second-order valence-electron chi connectivity index (χ2n) is 11.3. The van der Waals surface area contributed by atoms with E-state index in [-0.39, 0.29) is 5.69 Å². The molecule has 1 saturated heterocycles. The minimum Gasteiger partial charge on any atom is -0.496 e. The Balaban J connectivity index is 0.000000208. The maximum absolute atomic E-state index is 11.5. The molecule has 4 aromatic carbocycles. The van der Waals surface area contributed by atoms with Crippen LogP contribution in [-0.4, -0.2) is 35.5 Å². The monoisotopic (exact) mass is 647 g/mol. The summed E-state index contributed by atoms with van der Waals surface area (Å²) in [5, 5.41) is 22.3. The Kier molecular flexibility index (Phi) is 9.66. The van der Waals surface area contributed by atoms with Crippen LogP contribution in [0.2, 0.25) is 0 Å². The van der Waals surface area contributed by atoms with Crippen molar-refractivity contribution in [1.82, 2.24) is 0 Å². The molecule has 0 aromatic heterocycles. The molecule has 0 spiro atoms. The molecule has 0 bridgehead atoms. The molecule has 0 aliphatic carbocycles. The molecule has 4 aromatic rings. The van der Waals surface area contributed by atoms with Gasteiger partial charge in [0.25, 0.3) is 5.69 Å². The molecule has 224 valence electrons. The average Bonchev–Trinajstić information content (AvgIpc) is 3.20. The summed E-state index contributed by atoms with van der Waals surface area (Å²) in [6, 6.07) is 29.0. The number of methoxy groups -OCH3 is 1. The van der Waals surface area contributed by atoms with Gasteiger partial charge >= 0.3 is 7.12 Å². The molecule has 1 heterocycles. The molecule has 10 heteroatoms. The number of rotatable bonds is 7. The molecule has 5 rings (SSSR count). The third-order valence-electron chi connectivity index (χ3n) is 7.71. The molecule has 1 atom stereocenters. The number of benzene rings is 4. The third kappa shape index (κ3) is 7.28. The van der Waals surface area contributed by atoms with Crippen molar-refractivity contribution in [2.24, 2.45) is 0 Å². The van der Waals surface area contributed by atoms with Crippen LogP contribution in [0.25, 0.3) is 0 Å². The van der Waals surface area contributed by atoms with E-state index in [2.05, 4.69) is 15.9 Å². The van der Waals surface area contributed by atoms with Gasteiger partial charge in [-0.1, -0.05) is 76.6 Å². The van der Waals surface area contributed by atoms with Gasteiger partial charge in [0.1, 0.15) is 22.8 Å². The molecule has 1 aliphatic heterocycles. The summed E-state index contributed by atoms with van der Waals surface area (Å²) in [6.07, 6.45) is 0. The van der Waals surface area contributed by atoms with Crippen LogP contribution < -0.4 is 14.9 Å². The van der Waals surface area contributed by atoms with Crippen molar-refractivity contribution in [3.05, 3.63) is 123 Å². The van der Waals surface area contributed by atoms with Crippen LogP contribution in [0.5, 0.6) is 17.2 Å². The Labute approximate surface area is 261 Å². The van der Waals surface area contributed by atoms with E-state index in [1.165, 1.54) is 6.07 Å². The summed E-state index contributed by atoms with van der Waals surface area (Å²) in [5.41, 5.74) is -0.330. The van der Waals surface area contributed by atoms with Gasteiger partial charge in [0.05, 0.1) is 34.8 Å². The maximum Gasteiger partial charge on any atom is 0.501 e. The van der Waals surface area contributed by atoms with Gasteiger partial charge in [-0.05, 0) is 70.5 Å². The largest absolute Gasteiger partial charge is 0.501 e. The van der Waals surface area contributed by atoms with E-state index >= 15 is 0 Å². The third-order valence-corrected chi connectivity index (χ3v) is 8.20. The van der Waals surface area contributed by atoms with Crippen LogP contribution in [0.1, 0.15) is 45.7 Å². The van der Waals surface area contributed by atoms with E-state index in [0.29, 0.717) is 22.7 Å². The van der Waals surface area contributed by atoms with Crippen molar-refractivity contribution in [2.45, 2.75) is 51.4 Å². The fourth-order valence-corrected chi connectivity index (χ4v) is 4.86. The Bertz CT molecular complexity index is 1550. The summed E-state index contributed by atoms with van der Waals surface area (Å²) in [6.45, 7) is 9.41. The van der Waals surface area contributed by atoms with Crippen molar-refractivity contribution >= 4 is 34.2 Å². The zero-order valence-corrected chi connectivity index (χ0v) is 26.6. The fraction of sp³-hybridized carbons (Fsp3) is 0.273. The molecule has 8 nitrogen and oxygen atoms in total. The smallest absolute Gasteiger partial charge is 0.496 e. The van der Waals surface area contributed by atoms with Crippen molar-refractivity contribution < 1.29 is 28.8 Å². The van der Waals surface area contributed by atoms with Crippen molar-refractivity contribution in [2.75, 3.05) is 7.11 Å². The highest BCUT2D eigenvalue weighted by atomic mass is 79.9. The van der Waals surface area contributed by atoms with Gasteiger partial charge in [0, 0.05) is 10.0 Å². The van der Waals surface area contributed by atoms with Gasteiger partial charge < -0.3 is 23.9 Å². The molecule has 0 amide bonds. The average molecular weight is 648 g/mol. The number of nitrogens with zero attached hydrogens (tertiary/aromatic N) is 1. The first kappa shape index (κ1) is 32.2. The van der Waals surface area contributed by atoms with Crippen LogP contribution in [0.3, 0.4) is 0 Å². The predicted octanol–water partition coefficient (Wildman–Crippen LogP) is 7.40. The molecular formula is C33H35BBrNO7. The Morgan fingerprint density at radius 1 is 0.860 bits per heavy atom. The number of hydrogen-bond donors (Lipinski definition) is 1. The predicted molar refractivity (Wildman–Crippen MR) is 171 cm³/mol. The van der Waals surface area contributed by atoms with Gasteiger partial charge in [0.2, 0.25) is 0 Å². The highest BCUT2D eigenvalue weighted by Crippen LogP contribution is 2.38. The van der Waals surface area contributed by atoms with Crippen LogP contribution in [0.4, 0.5) is 5.69 Å². The second-order valence-corrected chi connectivity index (χ2v) is 12.2. The SMILES string of the molecule is CC1(C)OB(c2ccc(Oc3ccccc3)cc2[N+](=O)[O-])OC1(C)C.COc1cc(Br)ccc1C(C)(O)c1ccccc1. The van der Waals surface area contributed by atoms with Gasteiger partial charge in [-0.25, -0.2) is 0 Å². The van der Waals surface area contributed by atoms with E-state index in [0.717, 1.165) is 15.6 Å². The van der Waals surface area contributed by atoms with Crippen molar-refractivity contribution in [3.63, 3.8) is 0 Å². The summed E-state index contributed by atoms with van der Waals surface area (Å²) in [5.74, 6) is 1.66. The first-order chi connectivity index (χ1) is 20.2. The summed E-state index contributed by atoms with van der Waals surface area (Å²) >= 11 is 3.40. The first-order valence-electron chi connectivity index (χ1n) is 13.7. The highest BCUT2D eigenvalue weighted by molar-refractivity contribution is 9.10. The Morgan fingerprint density at radius 3 is 2.00 bits per heavy atom. The number of hydrogen-bond acceptors (Lipinski definition) is 7. The van der Waals surface area contributed by atoms with Crippen LogP contribution in [0.15, 0.2) is 102 Å². The number of nitro benzene ring substituents is 1. The number of ether oxygens (including phenoxy) is 2.